The minimum Gasteiger partial charge on any atom is -0.368 e. The van der Waals surface area contributed by atoms with Gasteiger partial charge in [-0.25, -0.2) is 0 Å². The van der Waals surface area contributed by atoms with Gasteiger partial charge in [-0.1, -0.05) is 12.1 Å². The van der Waals surface area contributed by atoms with Crippen LogP contribution in [0, 0.1) is 6.08 Å². The van der Waals surface area contributed by atoms with Crippen LogP contribution >= 0.6 is 0 Å². The number of nitrogens with zero attached hydrogens (tertiary/aromatic N) is 3. The van der Waals surface area contributed by atoms with Gasteiger partial charge in [0.15, 0.2) is 0 Å². The van der Waals surface area contributed by atoms with Gasteiger partial charge in [0, 0.05) is 0 Å². The third-order valence-electron chi connectivity index (χ3n) is 2.04. The van der Waals surface area contributed by atoms with Gasteiger partial charge in [0.05, 0.1) is 5.69 Å². The molecule has 8 nitrogen and oxygen atoms in total. The number of aromatic nitrogens is 3. The second-order valence-electron chi connectivity index (χ2n) is 3.38. The molecule has 0 fully saturated rings. The van der Waals surface area contributed by atoms with Crippen LogP contribution < -0.4 is 11.1 Å². The van der Waals surface area contributed by atoms with Gasteiger partial charge in [0.2, 0.25) is 11.9 Å². The molecule has 0 saturated carbocycles. The van der Waals surface area contributed by atoms with E-state index in [1.165, 1.54) is 24.3 Å². The Balaban J connectivity index is 2.44. The maximum atomic E-state index is 12.9. The quantitative estimate of drug-likeness (QED) is 0.698. The van der Waals surface area contributed by atoms with E-state index in [1.807, 2.05) is 0 Å². The van der Waals surface area contributed by atoms with Gasteiger partial charge in [0.25, 0.3) is 10.1 Å². The SMILES string of the molecule is Nc1nc(F)nc(Nc2ccccc2S(=O)(=O)O)n1. The molecule has 19 heavy (non-hydrogen) atoms. The summed E-state index contributed by atoms with van der Waals surface area (Å²) in [7, 11) is -4.43. The molecule has 1 heterocycles. The van der Waals surface area contributed by atoms with Crippen LogP contribution in [0.4, 0.5) is 22.0 Å². The molecule has 100 valence electrons. The lowest BCUT2D eigenvalue weighted by Crippen LogP contribution is -2.08. The molecule has 0 aliphatic heterocycles. The normalized spacial score (nSPS) is 11.3. The van der Waals surface area contributed by atoms with E-state index in [-0.39, 0.29) is 17.6 Å². The van der Waals surface area contributed by atoms with Crippen molar-refractivity contribution in [3.05, 3.63) is 30.3 Å². The largest absolute Gasteiger partial charge is 0.368 e. The monoisotopic (exact) mass is 285 g/mol. The second-order valence-corrected chi connectivity index (χ2v) is 4.77. The van der Waals surface area contributed by atoms with E-state index in [2.05, 4.69) is 20.3 Å². The molecule has 0 atom stereocenters. The predicted molar refractivity (Wildman–Crippen MR) is 63.7 cm³/mol. The minimum atomic E-state index is -4.43. The Labute approximate surface area is 107 Å². The molecule has 4 N–H and O–H groups in total. The van der Waals surface area contributed by atoms with Crippen molar-refractivity contribution >= 4 is 27.7 Å². The predicted octanol–water partition coefficient (Wildman–Crippen LogP) is 0.583. The second kappa shape index (κ2) is 4.74. The van der Waals surface area contributed by atoms with Crippen LogP contribution in [0.2, 0.25) is 0 Å². The number of nitrogen functional groups attached to an aromatic ring is 1. The molecule has 0 radical (unpaired) electrons. The van der Waals surface area contributed by atoms with Gasteiger partial charge >= 0.3 is 6.08 Å². The Kier molecular flexibility index (Phi) is 3.27. The highest BCUT2D eigenvalue weighted by molar-refractivity contribution is 7.86. The molecular weight excluding hydrogens is 277 g/mol. The maximum absolute atomic E-state index is 12.9. The van der Waals surface area contributed by atoms with Crippen LogP contribution in [0.15, 0.2) is 29.2 Å². The van der Waals surface area contributed by atoms with Crippen molar-refractivity contribution in [1.29, 1.82) is 0 Å². The molecule has 2 aromatic rings. The van der Waals surface area contributed by atoms with Crippen LogP contribution in [-0.4, -0.2) is 27.9 Å². The van der Waals surface area contributed by atoms with E-state index >= 15 is 0 Å². The highest BCUT2D eigenvalue weighted by Gasteiger charge is 2.15. The average Bonchev–Trinajstić information content (AvgIpc) is 2.26. The summed E-state index contributed by atoms with van der Waals surface area (Å²) in [6.07, 6.45) is -1.11. The molecule has 10 heteroatoms. The van der Waals surface area contributed by atoms with E-state index in [4.69, 9.17) is 10.3 Å². The number of hydrogen-bond acceptors (Lipinski definition) is 7. The fourth-order valence-corrected chi connectivity index (χ4v) is 1.98. The minimum absolute atomic E-state index is 0.0185. The Bertz CT molecular complexity index is 701. The van der Waals surface area contributed by atoms with Crippen molar-refractivity contribution in [1.82, 2.24) is 15.0 Å². The Morgan fingerprint density at radius 2 is 1.89 bits per heavy atom. The zero-order chi connectivity index (χ0) is 14.0. The first-order chi connectivity index (χ1) is 8.86. The summed E-state index contributed by atoms with van der Waals surface area (Å²) >= 11 is 0. The number of para-hydroxylation sites is 1. The number of benzene rings is 1. The summed E-state index contributed by atoms with van der Waals surface area (Å²) in [6, 6.07) is 5.44. The van der Waals surface area contributed by atoms with Gasteiger partial charge in [-0.05, 0) is 12.1 Å². The standard InChI is InChI=1S/C9H8FN5O3S/c10-7-13-8(11)15-9(14-7)12-5-3-1-2-4-6(5)19(16,17)18/h1-4H,(H,16,17,18)(H3,11,12,13,14,15). The number of rotatable bonds is 3. The number of nitrogens with two attached hydrogens (primary N) is 1. The summed E-state index contributed by atoms with van der Waals surface area (Å²) in [5, 5.41) is 2.44. The van der Waals surface area contributed by atoms with Gasteiger partial charge in [-0.3, -0.25) is 4.55 Å². The van der Waals surface area contributed by atoms with Crippen LogP contribution in [0.5, 0.6) is 0 Å². The zero-order valence-corrected chi connectivity index (χ0v) is 10.1. The molecule has 0 spiro atoms. The fraction of sp³-hybridized carbons (Fsp3) is 0. The van der Waals surface area contributed by atoms with E-state index in [9.17, 15) is 12.8 Å². The highest BCUT2D eigenvalue weighted by atomic mass is 32.2. The maximum Gasteiger partial charge on any atom is 0.315 e. The number of hydrogen-bond donors (Lipinski definition) is 3. The molecule has 2 rings (SSSR count). The first-order valence-corrected chi connectivity index (χ1v) is 6.31. The third kappa shape index (κ3) is 3.11. The Hall–Kier alpha value is -2.33. The molecule has 0 unspecified atom stereocenters. The first-order valence-electron chi connectivity index (χ1n) is 4.87. The highest BCUT2D eigenvalue weighted by Crippen LogP contribution is 2.22. The average molecular weight is 285 g/mol. The lowest BCUT2D eigenvalue weighted by atomic mass is 10.3. The summed E-state index contributed by atoms with van der Waals surface area (Å²) in [5.74, 6) is -0.638. The molecule has 1 aromatic heterocycles. The van der Waals surface area contributed by atoms with E-state index in [0.29, 0.717) is 0 Å². The summed E-state index contributed by atoms with van der Waals surface area (Å²) < 4.78 is 44.2. The Morgan fingerprint density at radius 3 is 2.53 bits per heavy atom. The fourth-order valence-electron chi connectivity index (χ4n) is 1.34. The van der Waals surface area contributed by atoms with Gasteiger partial charge in [0.1, 0.15) is 4.90 Å². The number of halogens is 1. The molecule has 0 bridgehead atoms. The van der Waals surface area contributed by atoms with Crippen LogP contribution in [-0.2, 0) is 10.1 Å². The lowest BCUT2D eigenvalue weighted by molar-refractivity contribution is 0.483. The lowest BCUT2D eigenvalue weighted by Gasteiger charge is -2.08. The van der Waals surface area contributed by atoms with Crippen molar-refractivity contribution in [3.8, 4) is 0 Å². The molecule has 0 aliphatic carbocycles. The van der Waals surface area contributed by atoms with E-state index in [1.54, 1.807) is 0 Å². The van der Waals surface area contributed by atoms with E-state index < -0.39 is 21.1 Å². The smallest absolute Gasteiger partial charge is 0.315 e. The first kappa shape index (κ1) is 13.1. The molecule has 0 aliphatic rings. The molecular formula is C9H8FN5O3S. The van der Waals surface area contributed by atoms with Crippen molar-refractivity contribution < 1.29 is 17.4 Å². The van der Waals surface area contributed by atoms with E-state index in [0.717, 1.165) is 0 Å². The van der Waals surface area contributed by atoms with Crippen molar-refractivity contribution in [2.45, 2.75) is 4.90 Å². The summed E-state index contributed by atoms with van der Waals surface area (Å²) in [4.78, 5) is 9.61. The zero-order valence-electron chi connectivity index (χ0n) is 9.28. The van der Waals surface area contributed by atoms with Crippen molar-refractivity contribution in [2.75, 3.05) is 11.1 Å². The van der Waals surface area contributed by atoms with Gasteiger partial charge < -0.3 is 11.1 Å². The molecule has 1 aromatic carbocycles. The topological polar surface area (TPSA) is 131 Å². The van der Waals surface area contributed by atoms with Crippen molar-refractivity contribution in [2.24, 2.45) is 0 Å². The number of anilines is 3. The van der Waals surface area contributed by atoms with Crippen LogP contribution in [0.1, 0.15) is 0 Å². The van der Waals surface area contributed by atoms with Crippen LogP contribution in [0.25, 0.3) is 0 Å². The number of nitrogens with one attached hydrogen (secondary N) is 1. The van der Waals surface area contributed by atoms with Gasteiger partial charge in [-0.2, -0.15) is 27.8 Å². The summed E-state index contributed by atoms with van der Waals surface area (Å²) in [5.41, 5.74) is 5.21. The summed E-state index contributed by atoms with van der Waals surface area (Å²) in [6.45, 7) is 0. The van der Waals surface area contributed by atoms with Gasteiger partial charge in [-0.15, -0.1) is 0 Å². The van der Waals surface area contributed by atoms with Crippen LogP contribution in [0.3, 0.4) is 0 Å². The molecule has 0 amide bonds. The Morgan fingerprint density at radius 1 is 1.21 bits per heavy atom. The molecule has 0 saturated heterocycles. The third-order valence-corrected chi connectivity index (χ3v) is 2.95. The van der Waals surface area contributed by atoms with Crippen molar-refractivity contribution in [3.63, 3.8) is 0 Å².